The molecular formula is C6H7F4N3O2S. The van der Waals surface area contributed by atoms with Crippen LogP contribution in [0.3, 0.4) is 0 Å². The van der Waals surface area contributed by atoms with Crippen LogP contribution in [0.5, 0.6) is 0 Å². The van der Waals surface area contributed by atoms with E-state index in [1.807, 2.05) is 0 Å². The van der Waals surface area contributed by atoms with E-state index in [1.165, 1.54) is 6.92 Å². The number of rotatable bonds is 3. The predicted molar refractivity (Wildman–Crippen MR) is 43.7 cm³/mol. The molecule has 10 heteroatoms. The van der Waals surface area contributed by atoms with Crippen molar-refractivity contribution in [3.8, 4) is 0 Å². The van der Waals surface area contributed by atoms with Crippen LogP contribution in [0.1, 0.15) is 12.7 Å². The van der Waals surface area contributed by atoms with Crippen molar-refractivity contribution in [1.29, 1.82) is 0 Å². The molecule has 0 saturated heterocycles. The van der Waals surface area contributed by atoms with Gasteiger partial charge in [-0.3, -0.25) is 4.57 Å². The SMILES string of the molecule is CCc1nnc(S(=O)(=O)F)n1CC(F)(F)F. The summed E-state index contributed by atoms with van der Waals surface area (Å²) in [5.74, 6) is -0.242. The Morgan fingerprint density at radius 1 is 1.31 bits per heavy atom. The first-order valence-electron chi connectivity index (χ1n) is 4.08. The highest BCUT2D eigenvalue weighted by molar-refractivity contribution is 7.86. The minimum atomic E-state index is -5.31. The zero-order valence-corrected chi connectivity index (χ0v) is 8.81. The minimum absolute atomic E-state index is 0.0125. The molecule has 0 bridgehead atoms. The standard InChI is InChI=1S/C6H7F4N3O2S/c1-2-4-11-12-5(16(10,14)15)13(4)3-6(7,8)9/h2-3H2,1H3. The first-order valence-corrected chi connectivity index (χ1v) is 5.47. The summed E-state index contributed by atoms with van der Waals surface area (Å²) in [6.45, 7) is -0.187. The van der Waals surface area contributed by atoms with Crippen molar-refractivity contribution < 1.29 is 25.5 Å². The van der Waals surface area contributed by atoms with E-state index in [4.69, 9.17) is 0 Å². The summed E-state index contributed by atoms with van der Waals surface area (Å²) in [7, 11) is -5.31. The smallest absolute Gasteiger partial charge is 0.290 e. The minimum Gasteiger partial charge on any atom is -0.290 e. The molecule has 0 aliphatic rings. The second-order valence-electron chi connectivity index (χ2n) is 2.89. The highest BCUT2D eigenvalue weighted by atomic mass is 32.3. The molecular weight excluding hydrogens is 254 g/mol. The molecule has 0 aliphatic heterocycles. The molecule has 1 aromatic rings. The number of hydrogen-bond acceptors (Lipinski definition) is 4. The summed E-state index contributed by atoms with van der Waals surface area (Å²) in [5.41, 5.74) is 0. The fourth-order valence-electron chi connectivity index (χ4n) is 1.10. The summed E-state index contributed by atoms with van der Waals surface area (Å²) in [6.07, 6.45) is -4.66. The molecule has 0 atom stereocenters. The maximum Gasteiger partial charge on any atom is 0.406 e. The Bertz CT molecular complexity index is 478. The van der Waals surface area contributed by atoms with Crippen LogP contribution in [0.15, 0.2) is 5.16 Å². The van der Waals surface area contributed by atoms with Crippen LogP contribution < -0.4 is 0 Å². The second kappa shape index (κ2) is 4.00. The molecule has 92 valence electrons. The molecule has 1 heterocycles. The highest BCUT2D eigenvalue weighted by Crippen LogP contribution is 2.21. The molecule has 0 N–H and O–H groups in total. The van der Waals surface area contributed by atoms with Gasteiger partial charge < -0.3 is 0 Å². The van der Waals surface area contributed by atoms with E-state index in [1.54, 1.807) is 0 Å². The lowest BCUT2D eigenvalue weighted by Gasteiger charge is -2.10. The van der Waals surface area contributed by atoms with Crippen molar-refractivity contribution in [2.75, 3.05) is 0 Å². The van der Waals surface area contributed by atoms with Gasteiger partial charge in [0.2, 0.25) is 0 Å². The molecule has 0 aromatic carbocycles. The number of aromatic nitrogens is 3. The topological polar surface area (TPSA) is 64.8 Å². The quantitative estimate of drug-likeness (QED) is 0.603. The highest BCUT2D eigenvalue weighted by Gasteiger charge is 2.34. The van der Waals surface area contributed by atoms with Crippen LogP contribution >= 0.6 is 0 Å². The third-order valence-electron chi connectivity index (χ3n) is 1.67. The molecule has 5 nitrogen and oxygen atoms in total. The molecule has 0 spiro atoms. The molecule has 1 aromatic heterocycles. The van der Waals surface area contributed by atoms with Crippen molar-refractivity contribution in [3.63, 3.8) is 0 Å². The lowest BCUT2D eigenvalue weighted by atomic mass is 10.4. The normalized spacial score (nSPS) is 13.1. The molecule has 0 radical (unpaired) electrons. The average Bonchev–Trinajstić information content (AvgIpc) is 2.43. The summed E-state index contributed by atoms with van der Waals surface area (Å²) in [4.78, 5) is 0. The van der Waals surface area contributed by atoms with Crippen molar-refractivity contribution in [1.82, 2.24) is 14.8 Å². The van der Waals surface area contributed by atoms with Gasteiger partial charge >= 0.3 is 16.4 Å². The van der Waals surface area contributed by atoms with Gasteiger partial charge in [-0.2, -0.15) is 21.6 Å². The molecule has 16 heavy (non-hydrogen) atoms. The number of nitrogens with zero attached hydrogens (tertiary/aromatic N) is 3. The molecule has 0 amide bonds. The summed E-state index contributed by atoms with van der Waals surface area (Å²) >= 11 is 0. The van der Waals surface area contributed by atoms with E-state index in [-0.39, 0.29) is 16.8 Å². The average molecular weight is 261 g/mol. The van der Waals surface area contributed by atoms with Gasteiger partial charge in [0.1, 0.15) is 12.4 Å². The first-order chi connectivity index (χ1) is 7.15. The number of hydrogen-bond donors (Lipinski definition) is 0. The van der Waals surface area contributed by atoms with Crippen LogP contribution in [-0.4, -0.2) is 29.4 Å². The van der Waals surface area contributed by atoms with Gasteiger partial charge in [0.05, 0.1) is 0 Å². The zero-order chi connectivity index (χ0) is 12.6. The maximum atomic E-state index is 12.6. The van der Waals surface area contributed by atoms with E-state index in [9.17, 15) is 25.5 Å². The maximum absolute atomic E-state index is 12.6. The van der Waals surface area contributed by atoms with E-state index in [0.717, 1.165) is 0 Å². The Kier molecular flexibility index (Phi) is 3.22. The largest absolute Gasteiger partial charge is 0.406 e. The Morgan fingerprint density at radius 3 is 2.25 bits per heavy atom. The van der Waals surface area contributed by atoms with Crippen molar-refractivity contribution >= 4 is 10.2 Å². The second-order valence-corrected chi connectivity index (χ2v) is 4.13. The fourth-order valence-corrected chi connectivity index (χ4v) is 1.67. The van der Waals surface area contributed by atoms with Crippen LogP contribution in [0.2, 0.25) is 0 Å². The lowest BCUT2D eigenvalue weighted by Crippen LogP contribution is -2.22. The summed E-state index contributed by atoms with van der Waals surface area (Å²) in [5, 5.41) is 4.75. The molecule has 1 rings (SSSR count). The zero-order valence-electron chi connectivity index (χ0n) is 7.99. The van der Waals surface area contributed by atoms with E-state index in [0.29, 0.717) is 0 Å². The molecule has 0 aliphatic carbocycles. The Morgan fingerprint density at radius 2 is 1.88 bits per heavy atom. The van der Waals surface area contributed by atoms with Crippen LogP contribution in [0.4, 0.5) is 17.1 Å². The Balaban J connectivity index is 3.28. The van der Waals surface area contributed by atoms with Gasteiger partial charge in [-0.25, -0.2) is 0 Å². The third-order valence-corrected chi connectivity index (χ3v) is 2.40. The monoisotopic (exact) mass is 261 g/mol. The van der Waals surface area contributed by atoms with E-state index >= 15 is 0 Å². The molecule has 0 fully saturated rings. The van der Waals surface area contributed by atoms with Gasteiger partial charge in [-0.1, -0.05) is 10.8 Å². The third kappa shape index (κ3) is 2.90. The first kappa shape index (κ1) is 12.9. The van der Waals surface area contributed by atoms with Gasteiger partial charge in [0.15, 0.2) is 0 Å². The molecule has 0 unspecified atom stereocenters. The van der Waals surface area contributed by atoms with Crippen LogP contribution in [-0.2, 0) is 23.2 Å². The van der Waals surface area contributed by atoms with E-state index in [2.05, 4.69) is 10.2 Å². The van der Waals surface area contributed by atoms with Crippen molar-refractivity contribution in [2.24, 2.45) is 0 Å². The van der Waals surface area contributed by atoms with Gasteiger partial charge in [-0.15, -0.1) is 10.2 Å². The lowest BCUT2D eigenvalue weighted by molar-refractivity contribution is -0.142. The van der Waals surface area contributed by atoms with E-state index < -0.39 is 28.1 Å². The Labute approximate surface area is 88.3 Å². The molecule has 0 saturated carbocycles. The summed E-state index contributed by atoms with van der Waals surface area (Å²) < 4.78 is 70.1. The van der Waals surface area contributed by atoms with Crippen LogP contribution in [0.25, 0.3) is 0 Å². The number of aryl methyl sites for hydroxylation is 1. The van der Waals surface area contributed by atoms with Crippen molar-refractivity contribution in [2.45, 2.75) is 31.2 Å². The fraction of sp³-hybridized carbons (Fsp3) is 0.667. The van der Waals surface area contributed by atoms with Crippen molar-refractivity contribution in [3.05, 3.63) is 5.82 Å². The number of halogens is 4. The predicted octanol–water partition coefficient (Wildman–Crippen LogP) is 1.06. The van der Waals surface area contributed by atoms with Gasteiger partial charge in [0.25, 0.3) is 5.16 Å². The van der Waals surface area contributed by atoms with Gasteiger partial charge in [0, 0.05) is 6.42 Å². The number of alkyl halides is 3. The van der Waals surface area contributed by atoms with Gasteiger partial charge in [-0.05, 0) is 0 Å². The summed E-state index contributed by atoms with van der Waals surface area (Å²) in [6, 6.07) is 0. The van der Waals surface area contributed by atoms with Crippen LogP contribution in [0, 0.1) is 0 Å². The Hall–Kier alpha value is -1.19.